The molecule has 0 fully saturated rings. The van der Waals surface area contributed by atoms with Gasteiger partial charge in [0.1, 0.15) is 5.76 Å². The first kappa shape index (κ1) is 11.9. The molecular formula is C13H19N3O. The molecule has 2 heterocycles. The smallest absolute Gasteiger partial charge is 0.103 e. The Labute approximate surface area is 101 Å². The van der Waals surface area contributed by atoms with E-state index in [1.54, 1.807) is 12.6 Å². The largest absolute Gasteiger partial charge is 0.469 e. The van der Waals surface area contributed by atoms with Crippen LogP contribution in [-0.2, 0) is 13.0 Å². The normalized spacial score (nSPS) is 12.8. The summed E-state index contributed by atoms with van der Waals surface area (Å²) >= 11 is 0. The number of aryl methyl sites for hydroxylation is 2. The molecule has 2 N–H and O–H groups in total. The summed E-state index contributed by atoms with van der Waals surface area (Å²) in [7, 11) is 0. The van der Waals surface area contributed by atoms with E-state index in [4.69, 9.17) is 4.42 Å². The lowest BCUT2D eigenvalue weighted by molar-refractivity contribution is 0.458. The number of nitrogens with one attached hydrogen (secondary N) is 2. The average Bonchev–Trinajstić information content (AvgIpc) is 2.95. The van der Waals surface area contributed by atoms with Crippen molar-refractivity contribution in [2.24, 2.45) is 0 Å². The highest BCUT2D eigenvalue weighted by molar-refractivity contribution is 5.08. The van der Waals surface area contributed by atoms with Crippen molar-refractivity contribution in [2.45, 2.75) is 39.3 Å². The Balaban J connectivity index is 1.71. The van der Waals surface area contributed by atoms with Gasteiger partial charge in [0.15, 0.2) is 0 Å². The minimum atomic E-state index is 0.455. The van der Waals surface area contributed by atoms with E-state index in [0.29, 0.717) is 6.04 Å². The van der Waals surface area contributed by atoms with E-state index in [1.165, 1.54) is 0 Å². The first-order chi connectivity index (χ1) is 8.25. The van der Waals surface area contributed by atoms with Crippen molar-refractivity contribution >= 4 is 0 Å². The highest BCUT2D eigenvalue weighted by Gasteiger charge is 2.06. The number of hydrogen-bond donors (Lipinski definition) is 2. The summed E-state index contributed by atoms with van der Waals surface area (Å²) in [6.07, 6.45) is 5.50. The molecule has 0 radical (unpaired) electrons. The Kier molecular flexibility index (Phi) is 3.98. The zero-order valence-corrected chi connectivity index (χ0v) is 10.4. The fourth-order valence-corrected chi connectivity index (χ4v) is 1.75. The van der Waals surface area contributed by atoms with Gasteiger partial charge in [0.05, 0.1) is 18.3 Å². The van der Waals surface area contributed by atoms with Crippen molar-refractivity contribution in [1.29, 1.82) is 0 Å². The second-order valence-corrected chi connectivity index (χ2v) is 4.37. The molecule has 0 aromatic carbocycles. The number of hydrogen-bond acceptors (Lipinski definition) is 3. The predicted octanol–water partition coefficient (Wildman–Crippen LogP) is 2.42. The number of imidazole rings is 1. The molecule has 17 heavy (non-hydrogen) atoms. The van der Waals surface area contributed by atoms with E-state index in [-0.39, 0.29) is 0 Å². The number of rotatable bonds is 6. The fraction of sp³-hybridized carbons (Fsp3) is 0.462. The van der Waals surface area contributed by atoms with Crippen molar-refractivity contribution in [3.8, 4) is 0 Å². The molecule has 4 heteroatoms. The lowest BCUT2D eigenvalue weighted by atomic mass is 10.1. The molecule has 0 saturated heterocycles. The van der Waals surface area contributed by atoms with Gasteiger partial charge in [-0.15, -0.1) is 0 Å². The zero-order valence-electron chi connectivity index (χ0n) is 10.4. The molecule has 92 valence electrons. The van der Waals surface area contributed by atoms with Gasteiger partial charge in [0.25, 0.3) is 0 Å². The van der Waals surface area contributed by atoms with Crippen LogP contribution in [0.25, 0.3) is 0 Å². The van der Waals surface area contributed by atoms with Crippen LogP contribution in [0.5, 0.6) is 0 Å². The molecule has 0 aliphatic heterocycles. The average molecular weight is 233 g/mol. The summed E-state index contributed by atoms with van der Waals surface area (Å²) in [4.78, 5) is 7.34. The van der Waals surface area contributed by atoms with Crippen LogP contribution in [0.15, 0.2) is 29.1 Å². The van der Waals surface area contributed by atoms with Crippen molar-refractivity contribution in [3.63, 3.8) is 0 Å². The monoisotopic (exact) mass is 233 g/mol. The summed E-state index contributed by atoms with van der Waals surface area (Å²) in [6.45, 7) is 5.04. The van der Waals surface area contributed by atoms with Crippen molar-refractivity contribution in [2.75, 3.05) is 0 Å². The molecule has 0 bridgehead atoms. The lowest BCUT2D eigenvalue weighted by Gasteiger charge is -2.12. The molecule has 1 atom stereocenters. The number of nitrogens with zero attached hydrogens (tertiary/aromatic N) is 1. The summed E-state index contributed by atoms with van der Waals surface area (Å²) in [5, 5.41) is 3.46. The Morgan fingerprint density at radius 1 is 1.53 bits per heavy atom. The van der Waals surface area contributed by atoms with Gasteiger partial charge in [0.2, 0.25) is 0 Å². The fourth-order valence-electron chi connectivity index (χ4n) is 1.75. The summed E-state index contributed by atoms with van der Waals surface area (Å²) < 4.78 is 5.31. The third kappa shape index (κ3) is 3.46. The van der Waals surface area contributed by atoms with Crippen LogP contribution in [0, 0.1) is 6.92 Å². The van der Waals surface area contributed by atoms with Gasteiger partial charge in [-0.25, -0.2) is 4.98 Å². The topological polar surface area (TPSA) is 53.9 Å². The number of aromatic amines is 1. The van der Waals surface area contributed by atoms with Gasteiger partial charge in [-0.1, -0.05) is 0 Å². The van der Waals surface area contributed by atoms with E-state index in [1.807, 2.05) is 19.1 Å². The summed E-state index contributed by atoms with van der Waals surface area (Å²) in [5.74, 6) is 1.05. The third-order valence-corrected chi connectivity index (χ3v) is 2.96. The highest BCUT2D eigenvalue weighted by atomic mass is 16.3. The third-order valence-electron chi connectivity index (χ3n) is 2.96. The van der Waals surface area contributed by atoms with Crippen LogP contribution < -0.4 is 5.32 Å². The Hall–Kier alpha value is -1.55. The molecule has 4 nitrogen and oxygen atoms in total. The minimum absolute atomic E-state index is 0.455. The van der Waals surface area contributed by atoms with Gasteiger partial charge in [0, 0.05) is 24.7 Å². The minimum Gasteiger partial charge on any atom is -0.469 e. The first-order valence-corrected chi connectivity index (χ1v) is 6.00. The second kappa shape index (κ2) is 5.68. The van der Waals surface area contributed by atoms with Crippen LogP contribution >= 0.6 is 0 Å². The van der Waals surface area contributed by atoms with Crippen molar-refractivity contribution in [1.82, 2.24) is 15.3 Å². The van der Waals surface area contributed by atoms with E-state index in [2.05, 4.69) is 22.2 Å². The van der Waals surface area contributed by atoms with Gasteiger partial charge in [-0.2, -0.15) is 0 Å². The molecule has 0 amide bonds. The zero-order chi connectivity index (χ0) is 12.1. The molecule has 0 spiro atoms. The van der Waals surface area contributed by atoms with E-state index < -0.39 is 0 Å². The number of aromatic nitrogens is 2. The van der Waals surface area contributed by atoms with Crippen molar-refractivity contribution in [3.05, 3.63) is 41.9 Å². The van der Waals surface area contributed by atoms with E-state index >= 15 is 0 Å². The maximum absolute atomic E-state index is 5.31. The molecular weight excluding hydrogens is 214 g/mol. The molecule has 0 saturated carbocycles. The van der Waals surface area contributed by atoms with Crippen LogP contribution in [0.4, 0.5) is 0 Å². The SMILES string of the molecule is Cc1[nH]cnc1CNC(C)CCc1ccco1. The molecule has 2 rings (SSSR count). The number of furan rings is 1. The van der Waals surface area contributed by atoms with Gasteiger partial charge in [-0.3, -0.25) is 0 Å². The van der Waals surface area contributed by atoms with E-state index in [9.17, 15) is 0 Å². The Morgan fingerprint density at radius 2 is 2.41 bits per heavy atom. The van der Waals surface area contributed by atoms with Crippen LogP contribution in [0.3, 0.4) is 0 Å². The van der Waals surface area contributed by atoms with Gasteiger partial charge in [-0.05, 0) is 32.4 Å². The van der Waals surface area contributed by atoms with Gasteiger partial charge >= 0.3 is 0 Å². The summed E-state index contributed by atoms with van der Waals surface area (Å²) in [5.41, 5.74) is 2.23. The van der Waals surface area contributed by atoms with Crippen LogP contribution in [-0.4, -0.2) is 16.0 Å². The maximum atomic E-state index is 5.31. The molecule has 0 aliphatic rings. The van der Waals surface area contributed by atoms with E-state index in [0.717, 1.165) is 36.5 Å². The quantitative estimate of drug-likeness (QED) is 0.805. The van der Waals surface area contributed by atoms with Crippen LogP contribution in [0.2, 0.25) is 0 Å². The molecule has 0 aliphatic carbocycles. The first-order valence-electron chi connectivity index (χ1n) is 6.00. The number of H-pyrrole nitrogens is 1. The lowest BCUT2D eigenvalue weighted by Crippen LogP contribution is -2.26. The highest BCUT2D eigenvalue weighted by Crippen LogP contribution is 2.06. The summed E-state index contributed by atoms with van der Waals surface area (Å²) in [6, 6.07) is 4.40. The van der Waals surface area contributed by atoms with Gasteiger partial charge < -0.3 is 14.7 Å². The second-order valence-electron chi connectivity index (χ2n) is 4.37. The standard InChI is InChI=1S/C13H19N3O/c1-10(5-6-12-4-3-7-17-12)14-8-13-11(2)15-9-16-13/h3-4,7,9-10,14H,5-6,8H2,1-2H3,(H,15,16). The Morgan fingerprint density at radius 3 is 3.06 bits per heavy atom. The van der Waals surface area contributed by atoms with Crippen LogP contribution in [0.1, 0.15) is 30.5 Å². The maximum Gasteiger partial charge on any atom is 0.103 e. The predicted molar refractivity (Wildman–Crippen MR) is 66.7 cm³/mol. The van der Waals surface area contributed by atoms with Crippen molar-refractivity contribution < 1.29 is 4.42 Å². The molecule has 2 aromatic heterocycles. The Bertz CT molecular complexity index is 433. The molecule has 1 unspecified atom stereocenters. The molecule has 2 aromatic rings.